The molecule has 12 nitrogen and oxygen atoms in total. The summed E-state index contributed by atoms with van der Waals surface area (Å²) in [4.78, 5) is 43.9. The zero-order valence-corrected chi connectivity index (χ0v) is 17.3. The van der Waals surface area contributed by atoms with Crippen LogP contribution in [0, 0.1) is 20.2 Å². The van der Waals surface area contributed by atoms with Gasteiger partial charge in [-0.3, -0.25) is 25.0 Å². The molecule has 0 spiro atoms. The third-order valence-electron chi connectivity index (χ3n) is 4.56. The molecule has 174 valence electrons. The lowest BCUT2D eigenvalue weighted by atomic mass is 10.1. The van der Waals surface area contributed by atoms with E-state index in [0.29, 0.717) is 18.4 Å². The van der Waals surface area contributed by atoms with Gasteiger partial charge in [-0.1, -0.05) is 12.1 Å². The highest BCUT2D eigenvalue weighted by atomic mass is 16.6. The number of rotatable bonds is 12. The molecule has 0 aliphatic rings. The molecule has 1 amide bonds. The molecular formula is C21H22N4O8. The van der Waals surface area contributed by atoms with Crippen molar-refractivity contribution in [2.75, 3.05) is 11.9 Å². The zero-order chi connectivity index (χ0) is 24.4. The summed E-state index contributed by atoms with van der Waals surface area (Å²) in [5, 5.41) is 45.7. The number of unbranched alkanes of at least 4 members (excludes halogenated alkanes) is 1. The van der Waals surface area contributed by atoms with Gasteiger partial charge in [-0.15, -0.1) is 0 Å². The molecule has 0 bridgehead atoms. The predicted octanol–water partition coefficient (Wildman–Crippen LogP) is 3.07. The second-order valence-electron chi connectivity index (χ2n) is 6.96. The van der Waals surface area contributed by atoms with Gasteiger partial charge in [-0.25, -0.2) is 4.79 Å². The number of hydrogen-bond acceptors (Lipinski definition) is 8. The standard InChI is InChI=1S/C21H22N4O8/c26-16-8-4-14(5-9-16)6-11-20(27)23-18(21(28)29)3-1-2-12-22-17-10-7-15(24(30)31)13-19(17)25(32)33/h4-11,13,18,22,26H,1-3,12H2,(H,23,27)(H,28,29)/b11-6+. The van der Waals surface area contributed by atoms with E-state index in [-0.39, 0.29) is 24.4 Å². The number of nitrogens with one attached hydrogen (secondary N) is 2. The Hall–Kier alpha value is -4.48. The monoisotopic (exact) mass is 458 g/mol. The molecule has 0 saturated heterocycles. The van der Waals surface area contributed by atoms with E-state index >= 15 is 0 Å². The summed E-state index contributed by atoms with van der Waals surface area (Å²) in [7, 11) is 0. The van der Waals surface area contributed by atoms with E-state index in [0.717, 1.165) is 12.1 Å². The number of benzene rings is 2. The Morgan fingerprint density at radius 3 is 2.33 bits per heavy atom. The fraction of sp³-hybridized carbons (Fsp3) is 0.238. The van der Waals surface area contributed by atoms with Crippen LogP contribution in [-0.2, 0) is 9.59 Å². The molecule has 0 fully saturated rings. The van der Waals surface area contributed by atoms with Crippen molar-refractivity contribution >= 4 is 35.0 Å². The Morgan fingerprint density at radius 1 is 1.03 bits per heavy atom. The van der Waals surface area contributed by atoms with Crippen LogP contribution < -0.4 is 10.6 Å². The first kappa shape index (κ1) is 24.8. The smallest absolute Gasteiger partial charge is 0.326 e. The fourth-order valence-corrected chi connectivity index (χ4v) is 2.87. The van der Waals surface area contributed by atoms with Gasteiger partial charge in [-0.05, 0) is 49.1 Å². The molecular weight excluding hydrogens is 436 g/mol. The number of anilines is 1. The Labute approximate surface area is 187 Å². The first-order valence-corrected chi connectivity index (χ1v) is 9.84. The van der Waals surface area contributed by atoms with Gasteiger partial charge in [0.15, 0.2) is 0 Å². The molecule has 0 aliphatic carbocycles. The Kier molecular flexibility index (Phi) is 8.85. The van der Waals surface area contributed by atoms with Gasteiger partial charge in [0.1, 0.15) is 17.5 Å². The first-order valence-electron chi connectivity index (χ1n) is 9.84. The largest absolute Gasteiger partial charge is 0.508 e. The summed E-state index contributed by atoms with van der Waals surface area (Å²) in [5.74, 6) is -1.70. The number of phenols is 1. The zero-order valence-electron chi connectivity index (χ0n) is 17.3. The van der Waals surface area contributed by atoms with Crippen molar-refractivity contribution < 1.29 is 29.6 Å². The molecule has 4 N–H and O–H groups in total. The number of non-ortho nitro benzene ring substituents is 1. The average Bonchev–Trinajstić information content (AvgIpc) is 2.77. The van der Waals surface area contributed by atoms with Crippen LogP contribution in [0.5, 0.6) is 5.75 Å². The van der Waals surface area contributed by atoms with Crippen LogP contribution in [0.15, 0.2) is 48.5 Å². The van der Waals surface area contributed by atoms with Gasteiger partial charge >= 0.3 is 5.97 Å². The number of nitro groups is 2. The maximum atomic E-state index is 12.0. The predicted molar refractivity (Wildman–Crippen MR) is 119 cm³/mol. The third-order valence-corrected chi connectivity index (χ3v) is 4.56. The minimum atomic E-state index is -1.19. The van der Waals surface area contributed by atoms with Crippen LogP contribution in [0.4, 0.5) is 17.1 Å². The number of hydrogen-bond donors (Lipinski definition) is 4. The van der Waals surface area contributed by atoms with Crippen molar-refractivity contribution in [3.8, 4) is 5.75 Å². The van der Waals surface area contributed by atoms with E-state index in [1.54, 1.807) is 12.1 Å². The number of phenolic OH excluding ortho intramolecular Hbond substituents is 1. The second kappa shape index (κ2) is 11.8. The summed E-state index contributed by atoms with van der Waals surface area (Å²) in [6.45, 7) is 0.264. The molecule has 0 radical (unpaired) electrons. The molecule has 33 heavy (non-hydrogen) atoms. The van der Waals surface area contributed by atoms with E-state index in [2.05, 4.69) is 10.6 Å². The minimum absolute atomic E-state index is 0.0835. The number of carboxylic acid groups (broad SMARTS) is 1. The lowest BCUT2D eigenvalue weighted by molar-refractivity contribution is -0.393. The number of carbonyl (C=O) groups excluding carboxylic acids is 1. The van der Waals surface area contributed by atoms with Crippen molar-refractivity contribution in [1.29, 1.82) is 0 Å². The molecule has 1 unspecified atom stereocenters. The number of nitro benzene ring substituents is 2. The van der Waals surface area contributed by atoms with E-state index in [1.807, 2.05) is 0 Å². The lowest BCUT2D eigenvalue weighted by Crippen LogP contribution is -2.39. The Morgan fingerprint density at radius 2 is 1.73 bits per heavy atom. The maximum absolute atomic E-state index is 12.0. The third kappa shape index (κ3) is 7.94. The van der Waals surface area contributed by atoms with E-state index in [9.17, 15) is 40.0 Å². The number of carbonyl (C=O) groups is 2. The van der Waals surface area contributed by atoms with Gasteiger partial charge in [0.2, 0.25) is 5.91 Å². The number of aliphatic carboxylic acids is 1. The van der Waals surface area contributed by atoms with Crippen LogP contribution in [0.25, 0.3) is 6.08 Å². The van der Waals surface area contributed by atoms with Crippen LogP contribution in [0.1, 0.15) is 24.8 Å². The number of carboxylic acids is 1. The Balaban J connectivity index is 1.83. The van der Waals surface area contributed by atoms with Gasteiger partial charge in [0.25, 0.3) is 11.4 Å². The molecule has 0 heterocycles. The van der Waals surface area contributed by atoms with Crippen molar-refractivity contribution in [3.05, 3.63) is 74.3 Å². The van der Waals surface area contributed by atoms with Crippen molar-refractivity contribution in [2.45, 2.75) is 25.3 Å². The summed E-state index contributed by atoms with van der Waals surface area (Å²) in [6.07, 6.45) is 3.65. The molecule has 0 saturated carbocycles. The van der Waals surface area contributed by atoms with Crippen molar-refractivity contribution in [2.24, 2.45) is 0 Å². The molecule has 2 aromatic carbocycles. The summed E-state index contributed by atoms with van der Waals surface area (Å²) < 4.78 is 0. The minimum Gasteiger partial charge on any atom is -0.508 e. The highest BCUT2D eigenvalue weighted by Crippen LogP contribution is 2.28. The number of aromatic hydroxyl groups is 1. The van der Waals surface area contributed by atoms with Crippen LogP contribution in [-0.4, -0.2) is 44.5 Å². The molecule has 12 heteroatoms. The van der Waals surface area contributed by atoms with Crippen molar-refractivity contribution in [1.82, 2.24) is 5.32 Å². The second-order valence-corrected chi connectivity index (χ2v) is 6.96. The molecule has 0 aromatic heterocycles. The van der Waals surface area contributed by atoms with E-state index in [1.165, 1.54) is 30.4 Å². The summed E-state index contributed by atoms with van der Waals surface area (Å²) in [5.41, 5.74) is -0.0543. The van der Waals surface area contributed by atoms with E-state index in [4.69, 9.17) is 0 Å². The van der Waals surface area contributed by atoms with Gasteiger partial charge < -0.3 is 20.8 Å². The topological polar surface area (TPSA) is 185 Å². The first-order chi connectivity index (χ1) is 15.7. The normalized spacial score (nSPS) is 11.6. The molecule has 2 aromatic rings. The molecule has 2 rings (SSSR count). The SMILES string of the molecule is O=C(/C=C/c1ccc(O)cc1)NC(CCCCNc1ccc([N+](=O)[O-])cc1[N+](=O)[O-])C(=O)O. The molecule has 1 atom stereocenters. The van der Waals surface area contributed by atoms with Gasteiger partial charge in [0.05, 0.1) is 15.9 Å². The average molecular weight is 458 g/mol. The highest BCUT2D eigenvalue weighted by Gasteiger charge is 2.20. The van der Waals surface area contributed by atoms with Crippen LogP contribution in [0.2, 0.25) is 0 Å². The quantitative estimate of drug-likeness (QED) is 0.160. The summed E-state index contributed by atoms with van der Waals surface area (Å²) >= 11 is 0. The molecule has 0 aliphatic heterocycles. The Bertz CT molecular complexity index is 1050. The highest BCUT2D eigenvalue weighted by molar-refractivity contribution is 5.94. The lowest BCUT2D eigenvalue weighted by Gasteiger charge is -2.13. The van der Waals surface area contributed by atoms with E-state index < -0.39 is 39.1 Å². The number of amides is 1. The fourth-order valence-electron chi connectivity index (χ4n) is 2.87. The summed E-state index contributed by atoms with van der Waals surface area (Å²) in [6, 6.07) is 8.24. The van der Waals surface area contributed by atoms with Crippen LogP contribution in [0.3, 0.4) is 0 Å². The van der Waals surface area contributed by atoms with Gasteiger partial charge in [0, 0.05) is 18.7 Å². The van der Waals surface area contributed by atoms with Gasteiger partial charge in [-0.2, -0.15) is 0 Å². The van der Waals surface area contributed by atoms with Crippen LogP contribution >= 0.6 is 0 Å². The number of nitrogens with zero attached hydrogens (tertiary/aromatic N) is 2. The maximum Gasteiger partial charge on any atom is 0.326 e. The van der Waals surface area contributed by atoms with Crippen molar-refractivity contribution in [3.63, 3.8) is 0 Å².